The second-order valence-electron chi connectivity index (χ2n) is 7.91. The lowest BCUT2D eigenvalue weighted by Gasteiger charge is -2.28. The van der Waals surface area contributed by atoms with E-state index >= 15 is 0 Å². The molecule has 24 heavy (non-hydrogen) atoms. The number of nitrogens with zero attached hydrogens (tertiary/aromatic N) is 2. The van der Waals surface area contributed by atoms with Crippen LogP contribution in [0.15, 0.2) is 18.2 Å². The molecule has 1 N–H and O–H groups in total. The van der Waals surface area contributed by atoms with Gasteiger partial charge in [0.15, 0.2) is 0 Å². The maximum Gasteiger partial charge on any atom is 0.227 e. The summed E-state index contributed by atoms with van der Waals surface area (Å²) in [4.78, 5) is 16.8. The molecule has 0 bridgehead atoms. The Kier molecular flexibility index (Phi) is 4.35. The fourth-order valence-electron chi connectivity index (χ4n) is 4.58. The van der Waals surface area contributed by atoms with Gasteiger partial charge in [-0.05, 0) is 68.3 Å². The molecule has 2 saturated heterocycles. The number of carbonyl (C=O) groups is 1. The first kappa shape index (κ1) is 16.1. The number of benzene rings is 1. The highest BCUT2D eigenvalue weighted by atomic mass is 16.3. The van der Waals surface area contributed by atoms with Gasteiger partial charge in [-0.1, -0.05) is 18.2 Å². The number of fused-ring (bicyclic) bond motifs is 1. The van der Waals surface area contributed by atoms with Crippen LogP contribution in [0.4, 0.5) is 0 Å². The molecule has 1 atom stereocenters. The van der Waals surface area contributed by atoms with E-state index in [2.05, 4.69) is 23.1 Å². The van der Waals surface area contributed by atoms with E-state index < -0.39 is 5.60 Å². The summed E-state index contributed by atoms with van der Waals surface area (Å²) in [6.07, 6.45) is 7.21. The molecular formula is C20H28N2O2. The third-order valence-corrected chi connectivity index (χ3v) is 5.92. The molecule has 130 valence electrons. The third kappa shape index (κ3) is 3.35. The molecule has 1 aliphatic carbocycles. The van der Waals surface area contributed by atoms with E-state index in [1.165, 1.54) is 36.8 Å². The fourth-order valence-corrected chi connectivity index (χ4v) is 4.58. The first-order valence-electron chi connectivity index (χ1n) is 9.45. The van der Waals surface area contributed by atoms with Crippen LogP contribution in [0, 0.1) is 0 Å². The predicted molar refractivity (Wildman–Crippen MR) is 94.0 cm³/mol. The SMILES string of the molecule is O=C(Cc1ccc2c(c1)CCC2)N1CC[C@@](O)(CN2CCCC2)C1. The Bertz CT molecular complexity index is 624. The maximum absolute atomic E-state index is 12.6. The number of hydrogen-bond donors (Lipinski definition) is 1. The van der Waals surface area contributed by atoms with Crippen molar-refractivity contribution in [3.05, 3.63) is 34.9 Å². The van der Waals surface area contributed by atoms with Crippen LogP contribution in [0.2, 0.25) is 0 Å². The van der Waals surface area contributed by atoms with Crippen LogP contribution >= 0.6 is 0 Å². The largest absolute Gasteiger partial charge is 0.387 e. The van der Waals surface area contributed by atoms with Crippen molar-refractivity contribution in [3.8, 4) is 0 Å². The first-order valence-corrected chi connectivity index (χ1v) is 9.45. The van der Waals surface area contributed by atoms with Gasteiger partial charge in [0.1, 0.15) is 0 Å². The Hall–Kier alpha value is -1.39. The zero-order valence-electron chi connectivity index (χ0n) is 14.5. The molecule has 0 unspecified atom stereocenters. The second-order valence-corrected chi connectivity index (χ2v) is 7.91. The van der Waals surface area contributed by atoms with E-state index in [4.69, 9.17) is 0 Å². The lowest BCUT2D eigenvalue weighted by atomic mass is 10.0. The molecule has 2 heterocycles. The molecule has 4 nitrogen and oxygen atoms in total. The van der Waals surface area contributed by atoms with Crippen molar-refractivity contribution in [2.75, 3.05) is 32.7 Å². The molecule has 1 aromatic carbocycles. The van der Waals surface area contributed by atoms with Gasteiger partial charge in [-0.25, -0.2) is 0 Å². The minimum absolute atomic E-state index is 0.158. The lowest BCUT2D eigenvalue weighted by Crippen LogP contribution is -2.45. The van der Waals surface area contributed by atoms with E-state index in [-0.39, 0.29) is 5.91 Å². The summed E-state index contributed by atoms with van der Waals surface area (Å²) in [5.41, 5.74) is 3.29. The second kappa shape index (κ2) is 6.49. The summed E-state index contributed by atoms with van der Waals surface area (Å²) < 4.78 is 0. The Labute approximate surface area is 144 Å². The minimum atomic E-state index is -0.710. The highest BCUT2D eigenvalue weighted by Gasteiger charge is 2.39. The molecule has 4 rings (SSSR count). The highest BCUT2D eigenvalue weighted by molar-refractivity contribution is 5.79. The van der Waals surface area contributed by atoms with Crippen molar-refractivity contribution >= 4 is 5.91 Å². The fraction of sp³-hybridized carbons (Fsp3) is 0.650. The molecular weight excluding hydrogens is 300 g/mol. The number of hydrogen-bond acceptors (Lipinski definition) is 3. The zero-order valence-corrected chi connectivity index (χ0v) is 14.5. The highest BCUT2D eigenvalue weighted by Crippen LogP contribution is 2.26. The molecule has 0 radical (unpaired) electrons. The molecule has 0 saturated carbocycles. The number of rotatable bonds is 4. The molecule has 1 amide bonds. The minimum Gasteiger partial charge on any atom is -0.387 e. The smallest absolute Gasteiger partial charge is 0.227 e. The van der Waals surface area contributed by atoms with Gasteiger partial charge in [0.25, 0.3) is 0 Å². The van der Waals surface area contributed by atoms with Gasteiger partial charge in [0, 0.05) is 13.1 Å². The van der Waals surface area contributed by atoms with Crippen molar-refractivity contribution in [3.63, 3.8) is 0 Å². The normalized spacial score (nSPS) is 27.0. The van der Waals surface area contributed by atoms with Gasteiger partial charge in [0.2, 0.25) is 5.91 Å². The van der Waals surface area contributed by atoms with Gasteiger partial charge >= 0.3 is 0 Å². The summed E-state index contributed by atoms with van der Waals surface area (Å²) >= 11 is 0. The van der Waals surface area contributed by atoms with Crippen molar-refractivity contribution < 1.29 is 9.90 Å². The topological polar surface area (TPSA) is 43.8 Å². The maximum atomic E-state index is 12.6. The molecule has 0 aromatic heterocycles. The van der Waals surface area contributed by atoms with Crippen molar-refractivity contribution in [1.29, 1.82) is 0 Å². The van der Waals surface area contributed by atoms with Crippen LogP contribution in [-0.4, -0.2) is 59.1 Å². The number of aryl methyl sites for hydroxylation is 2. The molecule has 2 aliphatic heterocycles. The number of likely N-dealkylation sites (tertiary alicyclic amines) is 2. The summed E-state index contributed by atoms with van der Waals surface area (Å²) in [5, 5.41) is 10.8. The summed E-state index contributed by atoms with van der Waals surface area (Å²) in [6, 6.07) is 6.51. The Morgan fingerprint density at radius 3 is 2.71 bits per heavy atom. The van der Waals surface area contributed by atoms with E-state index in [0.717, 1.165) is 31.6 Å². The zero-order chi connectivity index (χ0) is 16.6. The quantitative estimate of drug-likeness (QED) is 0.916. The summed E-state index contributed by atoms with van der Waals surface area (Å²) in [5.74, 6) is 0.158. The number of β-amino-alcohol motifs (C(OH)–C–C–N with tert-alkyl or cyclic N) is 1. The Morgan fingerprint density at radius 2 is 1.88 bits per heavy atom. The van der Waals surface area contributed by atoms with E-state index in [1.54, 1.807) is 0 Å². The van der Waals surface area contributed by atoms with Crippen molar-refractivity contribution in [1.82, 2.24) is 9.80 Å². The summed E-state index contributed by atoms with van der Waals surface area (Å²) in [7, 11) is 0. The van der Waals surface area contributed by atoms with Crippen molar-refractivity contribution in [2.24, 2.45) is 0 Å². The van der Waals surface area contributed by atoms with Crippen LogP contribution < -0.4 is 0 Å². The monoisotopic (exact) mass is 328 g/mol. The number of amides is 1. The predicted octanol–water partition coefficient (Wildman–Crippen LogP) is 1.78. The molecule has 0 spiro atoms. The molecule has 3 aliphatic rings. The Morgan fingerprint density at radius 1 is 1.08 bits per heavy atom. The van der Waals surface area contributed by atoms with Gasteiger partial charge in [0.05, 0.1) is 18.6 Å². The van der Waals surface area contributed by atoms with E-state index in [0.29, 0.717) is 25.9 Å². The lowest BCUT2D eigenvalue weighted by molar-refractivity contribution is -0.130. The Balaban J connectivity index is 1.35. The molecule has 1 aromatic rings. The number of aliphatic hydroxyl groups is 1. The average Bonchev–Trinajstić information content (AvgIpc) is 3.28. The standard InChI is InChI=1S/C20H28N2O2/c23-19(13-16-6-7-17-4-3-5-18(17)12-16)22-11-8-20(24,15-22)14-21-9-1-2-10-21/h6-7,12,24H,1-5,8-11,13-15H2/t20-/m1/s1. The third-order valence-electron chi connectivity index (χ3n) is 5.92. The van der Waals surface area contributed by atoms with Gasteiger partial charge < -0.3 is 14.9 Å². The van der Waals surface area contributed by atoms with Crippen LogP contribution in [0.5, 0.6) is 0 Å². The molecule has 2 fully saturated rings. The molecule has 4 heteroatoms. The number of carbonyl (C=O) groups excluding carboxylic acids is 1. The summed E-state index contributed by atoms with van der Waals surface area (Å²) in [6.45, 7) is 4.08. The van der Waals surface area contributed by atoms with Gasteiger partial charge in [-0.2, -0.15) is 0 Å². The van der Waals surface area contributed by atoms with Gasteiger partial charge in [-0.15, -0.1) is 0 Å². The van der Waals surface area contributed by atoms with E-state index in [9.17, 15) is 9.90 Å². The average molecular weight is 328 g/mol. The van der Waals surface area contributed by atoms with Crippen molar-refractivity contribution in [2.45, 2.75) is 50.5 Å². The van der Waals surface area contributed by atoms with Crippen LogP contribution in [0.25, 0.3) is 0 Å². The van der Waals surface area contributed by atoms with Crippen LogP contribution in [-0.2, 0) is 24.1 Å². The van der Waals surface area contributed by atoms with Crippen LogP contribution in [0.1, 0.15) is 42.4 Å². The van der Waals surface area contributed by atoms with Gasteiger partial charge in [-0.3, -0.25) is 4.79 Å². The van der Waals surface area contributed by atoms with Crippen LogP contribution in [0.3, 0.4) is 0 Å². The first-order chi connectivity index (χ1) is 11.6. The van der Waals surface area contributed by atoms with E-state index in [1.807, 2.05) is 4.90 Å².